The number of thioether (sulfide) groups is 1. The fourth-order valence-electron chi connectivity index (χ4n) is 2.96. The van der Waals surface area contributed by atoms with Gasteiger partial charge in [-0.25, -0.2) is 4.68 Å². The lowest BCUT2D eigenvalue weighted by Crippen LogP contribution is -2.18. The number of nitrogens with one attached hydrogen (secondary N) is 1. The van der Waals surface area contributed by atoms with E-state index in [0.29, 0.717) is 0 Å². The summed E-state index contributed by atoms with van der Waals surface area (Å²) in [6.45, 7) is 5.12. The normalized spacial score (nSPS) is 12.2. The van der Waals surface area contributed by atoms with E-state index < -0.39 is 0 Å². The minimum atomic E-state index is 0.224. The van der Waals surface area contributed by atoms with Gasteiger partial charge in [-0.3, -0.25) is 0 Å². The molecule has 2 aromatic carbocycles. The number of rotatable bonds is 7. The van der Waals surface area contributed by atoms with Crippen molar-refractivity contribution in [3.63, 3.8) is 0 Å². The number of hydrogen-bond acceptors (Lipinski definition) is 4. The molecule has 4 nitrogen and oxygen atoms in total. The number of nitrogens with zero attached hydrogens (tertiary/aromatic N) is 2. The van der Waals surface area contributed by atoms with Crippen LogP contribution in [0.25, 0.3) is 5.69 Å². The molecule has 1 N–H and O–H groups in total. The van der Waals surface area contributed by atoms with Gasteiger partial charge < -0.3 is 10.1 Å². The lowest BCUT2D eigenvalue weighted by molar-refractivity contribution is 0.414. The van der Waals surface area contributed by atoms with E-state index in [1.54, 1.807) is 18.9 Å². The van der Waals surface area contributed by atoms with E-state index in [-0.39, 0.29) is 6.04 Å². The smallest absolute Gasteiger partial charge is 0.119 e. The van der Waals surface area contributed by atoms with Crippen LogP contribution in [0.2, 0.25) is 0 Å². The third kappa shape index (κ3) is 4.11. The maximum Gasteiger partial charge on any atom is 0.119 e. The maximum absolute atomic E-state index is 5.23. The van der Waals surface area contributed by atoms with E-state index in [9.17, 15) is 0 Å². The lowest BCUT2D eigenvalue weighted by Gasteiger charge is -2.14. The van der Waals surface area contributed by atoms with Crippen LogP contribution in [-0.4, -0.2) is 23.1 Å². The van der Waals surface area contributed by atoms with Crippen molar-refractivity contribution in [2.75, 3.05) is 13.4 Å². The third-order valence-electron chi connectivity index (χ3n) is 4.60. The summed E-state index contributed by atoms with van der Waals surface area (Å²) in [6.07, 6.45) is 4.05. The second kappa shape index (κ2) is 8.43. The molecular weight excluding hydrogens is 342 g/mol. The molecule has 0 aliphatic rings. The van der Waals surface area contributed by atoms with Crippen molar-refractivity contribution in [1.29, 1.82) is 0 Å². The topological polar surface area (TPSA) is 39.1 Å². The van der Waals surface area contributed by atoms with Crippen LogP contribution in [-0.2, 0) is 6.54 Å². The van der Waals surface area contributed by atoms with Crippen molar-refractivity contribution in [2.45, 2.75) is 31.3 Å². The fourth-order valence-corrected chi connectivity index (χ4v) is 3.36. The molecule has 1 atom stereocenters. The highest BCUT2D eigenvalue weighted by atomic mass is 32.2. The van der Waals surface area contributed by atoms with Gasteiger partial charge >= 0.3 is 0 Å². The number of aromatic nitrogens is 2. The summed E-state index contributed by atoms with van der Waals surface area (Å²) in [4.78, 5) is 1.29. The second-order valence-corrected chi connectivity index (χ2v) is 7.13. The highest BCUT2D eigenvalue weighted by molar-refractivity contribution is 7.98. The van der Waals surface area contributed by atoms with Crippen molar-refractivity contribution < 1.29 is 4.74 Å². The molecule has 26 heavy (non-hydrogen) atoms. The molecule has 3 aromatic rings. The molecule has 3 rings (SSSR count). The van der Waals surface area contributed by atoms with Crippen molar-refractivity contribution in [1.82, 2.24) is 15.1 Å². The zero-order valence-corrected chi connectivity index (χ0v) is 16.5. The first kappa shape index (κ1) is 18.5. The summed E-state index contributed by atoms with van der Waals surface area (Å²) in [6, 6.07) is 16.9. The van der Waals surface area contributed by atoms with Gasteiger partial charge in [-0.05, 0) is 62.1 Å². The van der Waals surface area contributed by atoms with Crippen LogP contribution in [0.5, 0.6) is 5.75 Å². The molecule has 0 fully saturated rings. The summed E-state index contributed by atoms with van der Waals surface area (Å²) < 4.78 is 7.20. The van der Waals surface area contributed by atoms with Crippen molar-refractivity contribution in [3.8, 4) is 11.4 Å². The van der Waals surface area contributed by atoms with Crippen LogP contribution in [0, 0.1) is 6.92 Å². The number of ether oxygens (including phenoxy) is 1. The maximum atomic E-state index is 5.23. The van der Waals surface area contributed by atoms with Gasteiger partial charge in [-0.1, -0.05) is 12.1 Å². The van der Waals surface area contributed by atoms with E-state index in [1.165, 1.54) is 16.0 Å². The van der Waals surface area contributed by atoms with Crippen LogP contribution in [0.4, 0.5) is 0 Å². The van der Waals surface area contributed by atoms with E-state index in [1.807, 2.05) is 35.1 Å². The Morgan fingerprint density at radius 2 is 1.81 bits per heavy atom. The van der Waals surface area contributed by atoms with E-state index in [0.717, 1.165) is 23.7 Å². The second-order valence-electron chi connectivity index (χ2n) is 6.25. The number of methoxy groups -OCH3 is 1. The molecule has 0 saturated heterocycles. The first-order valence-corrected chi connectivity index (χ1v) is 9.90. The molecule has 0 saturated carbocycles. The molecule has 1 unspecified atom stereocenters. The van der Waals surface area contributed by atoms with Crippen molar-refractivity contribution in [3.05, 3.63) is 71.5 Å². The van der Waals surface area contributed by atoms with Gasteiger partial charge in [0, 0.05) is 28.7 Å². The Hall–Kier alpha value is -2.24. The van der Waals surface area contributed by atoms with E-state index in [4.69, 9.17) is 4.74 Å². The van der Waals surface area contributed by atoms with Gasteiger partial charge in [0.15, 0.2) is 0 Å². The Labute approximate surface area is 159 Å². The van der Waals surface area contributed by atoms with Crippen molar-refractivity contribution >= 4 is 11.8 Å². The predicted octanol–water partition coefficient (Wildman–Crippen LogP) is 4.76. The van der Waals surface area contributed by atoms with Gasteiger partial charge in [0.05, 0.1) is 19.0 Å². The molecule has 0 aliphatic carbocycles. The monoisotopic (exact) mass is 367 g/mol. The Bertz CT molecular complexity index is 841. The molecule has 5 heteroatoms. The molecule has 0 amide bonds. The van der Waals surface area contributed by atoms with Gasteiger partial charge in [0.1, 0.15) is 5.75 Å². The van der Waals surface area contributed by atoms with Crippen LogP contribution >= 0.6 is 11.8 Å². The van der Waals surface area contributed by atoms with Crippen LogP contribution < -0.4 is 10.1 Å². The fraction of sp³-hybridized carbons (Fsp3) is 0.286. The zero-order valence-electron chi connectivity index (χ0n) is 15.7. The first-order valence-electron chi connectivity index (χ1n) is 8.67. The third-order valence-corrected chi connectivity index (χ3v) is 5.35. The predicted molar refractivity (Wildman–Crippen MR) is 108 cm³/mol. The average molecular weight is 368 g/mol. The van der Waals surface area contributed by atoms with Crippen LogP contribution in [0.3, 0.4) is 0 Å². The van der Waals surface area contributed by atoms with Gasteiger partial charge in [-0.2, -0.15) is 5.10 Å². The Balaban J connectivity index is 1.69. The summed E-state index contributed by atoms with van der Waals surface area (Å²) in [7, 11) is 1.67. The molecule has 0 spiro atoms. The quantitative estimate of drug-likeness (QED) is 0.611. The molecule has 0 radical (unpaired) electrons. The zero-order chi connectivity index (χ0) is 18.5. The van der Waals surface area contributed by atoms with Crippen LogP contribution in [0.15, 0.2) is 59.6 Å². The minimum Gasteiger partial charge on any atom is -0.497 e. The Kier molecular flexibility index (Phi) is 6.01. The molecule has 1 heterocycles. The number of hydrogen-bond donors (Lipinski definition) is 1. The summed E-state index contributed by atoms with van der Waals surface area (Å²) in [5, 5.41) is 8.17. The van der Waals surface area contributed by atoms with E-state index >= 15 is 0 Å². The summed E-state index contributed by atoms with van der Waals surface area (Å²) in [5.41, 5.74) is 4.68. The molecule has 136 valence electrons. The highest BCUT2D eigenvalue weighted by Gasteiger charge is 2.14. The summed E-state index contributed by atoms with van der Waals surface area (Å²) >= 11 is 1.76. The van der Waals surface area contributed by atoms with Gasteiger partial charge in [0.2, 0.25) is 0 Å². The van der Waals surface area contributed by atoms with Gasteiger partial charge in [-0.15, -0.1) is 11.8 Å². The SMILES string of the molecule is COc1ccc(-n2ncc(C(C)NCc3ccc(SC)cc3)c2C)cc1. The average Bonchev–Trinajstić information content (AvgIpc) is 3.08. The lowest BCUT2D eigenvalue weighted by atomic mass is 10.1. The number of benzene rings is 2. The largest absolute Gasteiger partial charge is 0.497 e. The standard InChI is InChI=1S/C21H25N3OS/c1-15(22-13-17-5-11-20(26-4)12-6-17)21-14-23-24(16(21)2)18-7-9-19(25-3)10-8-18/h5-12,14-15,22H,13H2,1-4H3. The molecule has 0 aliphatic heterocycles. The highest BCUT2D eigenvalue weighted by Crippen LogP contribution is 2.22. The van der Waals surface area contributed by atoms with Gasteiger partial charge in [0.25, 0.3) is 0 Å². The molecular formula is C21H25N3OS. The minimum absolute atomic E-state index is 0.224. The molecule has 0 bridgehead atoms. The summed E-state index contributed by atoms with van der Waals surface area (Å²) in [5.74, 6) is 0.848. The van der Waals surface area contributed by atoms with Crippen molar-refractivity contribution in [2.24, 2.45) is 0 Å². The Morgan fingerprint density at radius 3 is 2.42 bits per heavy atom. The Morgan fingerprint density at radius 1 is 1.12 bits per heavy atom. The van der Waals surface area contributed by atoms with Crippen LogP contribution in [0.1, 0.15) is 29.8 Å². The molecule has 1 aromatic heterocycles. The first-order chi connectivity index (χ1) is 12.6. The van der Waals surface area contributed by atoms with E-state index in [2.05, 4.69) is 54.8 Å².